The summed E-state index contributed by atoms with van der Waals surface area (Å²) in [5.41, 5.74) is 10.4. The van der Waals surface area contributed by atoms with Crippen molar-refractivity contribution in [1.82, 2.24) is 10.6 Å². The molecule has 0 rings (SSSR count). The van der Waals surface area contributed by atoms with Gasteiger partial charge in [-0.2, -0.15) is 0 Å². The van der Waals surface area contributed by atoms with E-state index in [2.05, 4.69) is 10.6 Å². The van der Waals surface area contributed by atoms with Crippen LogP contribution in [0.1, 0.15) is 20.8 Å². The fourth-order valence-electron chi connectivity index (χ4n) is 1.62. The zero-order valence-electron chi connectivity index (χ0n) is 15.0. The van der Waals surface area contributed by atoms with E-state index < -0.39 is 23.0 Å². The quantitative estimate of drug-likeness (QED) is 0.173. The van der Waals surface area contributed by atoms with Crippen molar-refractivity contribution >= 4 is 45.3 Å². The van der Waals surface area contributed by atoms with Gasteiger partial charge in [0, 0.05) is 19.6 Å². The van der Waals surface area contributed by atoms with Crippen LogP contribution in [-0.4, -0.2) is 66.7 Å². The summed E-state index contributed by atoms with van der Waals surface area (Å²) in [6.45, 7) is 3.99. The van der Waals surface area contributed by atoms with E-state index in [0.717, 1.165) is 0 Å². The maximum Gasteiger partial charge on any atom is 0.304 e. The molecule has 0 fully saturated rings. The Morgan fingerprint density at radius 2 is 1.62 bits per heavy atom. The summed E-state index contributed by atoms with van der Waals surface area (Å²) in [7, 11) is 2.46. The highest BCUT2D eigenvalue weighted by Gasteiger charge is 2.30. The summed E-state index contributed by atoms with van der Waals surface area (Å²) in [5.74, 6) is -1.42. The monoisotopic (exact) mass is 410 g/mol. The molecule has 2 amide bonds. The average molecular weight is 411 g/mol. The minimum atomic E-state index is -1.04. The number of carbonyl (C=O) groups excluding carboxylic acids is 4. The van der Waals surface area contributed by atoms with Crippen LogP contribution in [0.15, 0.2) is 0 Å². The van der Waals surface area contributed by atoms with E-state index in [1.807, 2.05) is 0 Å². The largest absolute Gasteiger partial charge is 0.460 e. The topological polar surface area (TPSA) is 163 Å². The summed E-state index contributed by atoms with van der Waals surface area (Å²) in [5, 5.41) is 5.11. The van der Waals surface area contributed by atoms with E-state index in [1.54, 1.807) is 6.92 Å². The molecule has 12 heteroatoms. The zero-order valence-corrected chi connectivity index (χ0v) is 16.7. The van der Waals surface area contributed by atoms with Crippen molar-refractivity contribution in [2.75, 3.05) is 31.9 Å². The van der Waals surface area contributed by atoms with Gasteiger partial charge in [0.2, 0.25) is 11.8 Å². The SMILES string of the molecule is CC(=O)OC(CNC(=O)CN)CSSC(C)(CNC(=O)CN)OC(C)=O. The molecular formula is C14H26N4O6S2. The van der Waals surface area contributed by atoms with Crippen LogP contribution < -0.4 is 22.1 Å². The lowest BCUT2D eigenvalue weighted by Gasteiger charge is -2.28. The summed E-state index contributed by atoms with van der Waals surface area (Å²) >= 11 is 0. The number of carbonyl (C=O) groups is 4. The minimum absolute atomic E-state index is 0.0580. The van der Waals surface area contributed by atoms with Gasteiger partial charge in [-0.3, -0.25) is 19.2 Å². The number of nitrogens with two attached hydrogens (primary N) is 2. The van der Waals surface area contributed by atoms with Crippen LogP contribution >= 0.6 is 21.6 Å². The predicted octanol–water partition coefficient (Wildman–Crippen LogP) is -1.27. The number of esters is 2. The van der Waals surface area contributed by atoms with Gasteiger partial charge >= 0.3 is 11.9 Å². The third-order valence-electron chi connectivity index (χ3n) is 2.69. The summed E-state index contributed by atoms with van der Waals surface area (Å²) in [6.07, 6.45) is -0.583. The number of hydrogen-bond donors (Lipinski definition) is 4. The van der Waals surface area contributed by atoms with Crippen molar-refractivity contribution in [3.8, 4) is 0 Å². The Balaban J connectivity index is 4.68. The third-order valence-corrected chi connectivity index (χ3v) is 5.71. The Morgan fingerprint density at radius 3 is 2.12 bits per heavy atom. The summed E-state index contributed by atoms with van der Waals surface area (Å²) in [4.78, 5) is 44.0. The molecule has 150 valence electrons. The molecule has 2 unspecified atom stereocenters. The van der Waals surface area contributed by atoms with Crippen LogP contribution in [-0.2, 0) is 28.7 Å². The molecule has 2 atom stereocenters. The van der Waals surface area contributed by atoms with Crippen LogP contribution in [0.2, 0.25) is 0 Å². The first kappa shape index (κ1) is 24.5. The molecule has 0 aromatic heterocycles. The second kappa shape index (κ2) is 12.8. The first-order valence-corrected chi connectivity index (χ1v) is 10.0. The lowest BCUT2D eigenvalue weighted by Crippen LogP contribution is -2.43. The lowest BCUT2D eigenvalue weighted by atomic mass is 10.4. The molecule has 0 spiro atoms. The van der Waals surface area contributed by atoms with E-state index in [1.165, 1.54) is 35.4 Å². The smallest absolute Gasteiger partial charge is 0.304 e. The maximum atomic E-state index is 11.3. The highest BCUT2D eigenvalue weighted by molar-refractivity contribution is 8.77. The first-order valence-electron chi connectivity index (χ1n) is 7.72. The molecule has 0 aromatic rings. The normalized spacial score (nSPS) is 13.9. The molecule has 10 nitrogen and oxygen atoms in total. The summed E-state index contributed by atoms with van der Waals surface area (Å²) in [6, 6.07) is 0. The van der Waals surface area contributed by atoms with Crippen LogP contribution in [0.5, 0.6) is 0 Å². The van der Waals surface area contributed by atoms with Gasteiger partial charge in [0.15, 0.2) is 4.93 Å². The van der Waals surface area contributed by atoms with E-state index in [-0.39, 0.29) is 38.0 Å². The molecule has 0 aromatic carbocycles. The fourth-order valence-corrected chi connectivity index (χ4v) is 4.25. The van der Waals surface area contributed by atoms with Crippen LogP contribution in [0.25, 0.3) is 0 Å². The fraction of sp³-hybridized carbons (Fsp3) is 0.714. The standard InChI is InChI=1S/C14H26N4O6S2/c1-9(19)23-11(6-17-12(21)4-15)7-25-26-14(3,24-10(2)20)8-18-13(22)5-16/h11H,4-8,15-16H2,1-3H3,(H,17,21)(H,18,22). The van der Waals surface area contributed by atoms with E-state index in [4.69, 9.17) is 20.9 Å². The molecule has 0 aliphatic heterocycles. The molecule has 0 saturated carbocycles. The van der Waals surface area contributed by atoms with Gasteiger partial charge in [-0.1, -0.05) is 10.8 Å². The molecule has 26 heavy (non-hydrogen) atoms. The number of amides is 2. The van der Waals surface area contributed by atoms with Gasteiger partial charge in [0.05, 0.1) is 26.2 Å². The second-order valence-electron chi connectivity index (χ2n) is 5.32. The van der Waals surface area contributed by atoms with E-state index in [9.17, 15) is 19.2 Å². The molecule has 0 saturated heterocycles. The predicted molar refractivity (Wildman–Crippen MR) is 99.9 cm³/mol. The molecule has 0 radical (unpaired) electrons. The highest BCUT2D eigenvalue weighted by atomic mass is 33.1. The first-order chi connectivity index (χ1) is 12.1. The van der Waals surface area contributed by atoms with Gasteiger partial charge in [0.1, 0.15) is 6.10 Å². The highest BCUT2D eigenvalue weighted by Crippen LogP contribution is 2.37. The number of hydrogen-bond acceptors (Lipinski definition) is 10. The van der Waals surface area contributed by atoms with Crippen molar-refractivity contribution in [3.05, 3.63) is 0 Å². The van der Waals surface area contributed by atoms with Crippen molar-refractivity contribution < 1.29 is 28.7 Å². The second-order valence-corrected chi connectivity index (χ2v) is 8.12. The Bertz CT molecular complexity index is 508. The van der Waals surface area contributed by atoms with Gasteiger partial charge in [-0.05, 0) is 17.7 Å². The zero-order chi connectivity index (χ0) is 20.2. The molecular weight excluding hydrogens is 384 g/mol. The molecule has 0 heterocycles. The van der Waals surface area contributed by atoms with Crippen LogP contribution in [0.3, 0.4) is 0 Å². The Hall–Kier alpha value is -1.50. The Kier molecular flexibility index (Phi) is 12.1. The number of nitrogens with one attached hydrogen (secondary N) is 2. The molecule has 0 aliphatic rings. The molecule has 0 aliphatic carbocycles. The van der Waals surface area contributed by atoms with Crippen molar-refractivity contribution in [1.29, 1.82) is 0 Å². The Labute approximate surface area is 160 Å². The molecule has 6 N–H and O–H groups in total. The van der Waals surface area contributed by atoms with Gasteiger partial charge in [-0.25, -0.2) is 0 Å². The van der Waals surface area contributed by atoms with Gasteiger partial charge < -0.3 is 31.6 Å². The average Bonchev–Trinajstić information content (AvgIpc) is 2.55. The minimum Gasteiger partial charge on any atom is -0.460 e. The maximum absolute atomic E-state index is 11.3. The summed E-state index contributed by atoms with van der Waals surface area (Å²) < 4.78 is 10.4. The lowest BCUT2D eigenvalue weighted by molar-refractivity contribution is -0.148. The van der Waals surface area contributed by atoms with Gasteiger partial charge in [0.25, 0.3) is 0 Å². The van der Waals surface area contributed by atoms with Gasteiger partial charge in [-0.15, -0.1) is 0 Å². The molecule has 0 bridgehead atoms. The van der Waals surface area contributed by atoms with Crippen molar-refractivity contribution in [2.45, 2.75) is 31.8 Å². The van der Waals surface area contributed by atoms with Crippen LogP contribution in [0.4, 0.5) is 0 Å². The van der Waals surface area contributed by atoms with Crippen molar-refractivity contribution in [3.63, 3.8) is 0 Å². The Morgan fingerprint density at radius 1 is 1.04 bits per heavy atom. The van der Waals surface area contributed by atoms with E-state index in [0.29, 0.717) is 5.75 Å². The number of rotatable bonds is 12. The van der Waals surface area contributed by atoms with Crippen molar-refractivity contribution in [2.24, 2.45) is 11.5 Å². The number of ether oxygens (including phenoxy) is 2. The third kappa shape index (κ3) is 12.0. The van der Waals surface area contributed by atoms with Crippen LogP contribution in [0, 0.1) is 0 Å². The van der Waals surface area contributed by atoms with E-state index >= 15 is 0 Å².